The second kappa shape index (κ2) is 6.39. The number of amides is 1. The molecule has 5 nitrogen and oxygen atoms in total. The number of rotatable bonds is 1. The minimum atomic E-state index is -0.302. The van der Waals surface area contributed by atoms with E-state index in [1.165, 1.54) is 0 Å². The van der Waals surface area contributed by atoms with Crippen LogP contribution in [0.25, 0.3) is 0 Å². The molecule has 2 rings (SSSR count). The molecule has 0 saturated carbocycles. The Morgan fingerprint density at radius 2 is 2.19 bits per heavy atom. The van der Waals surface area contributed by atoms with Gasteiger partial charge in [0.05, 0.1) is 19.3 Å². The summed E-state index contributed by atoms with van der Waals surface area (Å²) in [5.74, 6) is 0.0948. The van der Waals surface area contributed by atoms with E-state index in [1.807, 2.05) is 11.8 Å². The molecule has 0 bridgehead atoms. The number of carbonyl (C=O) groups excluding carboxylic acids is 1. The fourth-order valence-electron chi connectivity index (χ4n) is 1.95. The van der Waals surface area contributed by atoms with Crippen LogP contribution in [0.4, 0.5) is 0 Å². The fourth-order valence-corrected chi connectivity index (χ4v) is 1.95. The lowest BCUT2D eigenvalue weighted by atomic mass is 10.2. The van der Waals surface area contributed by atoms with Crippen LogP contribution < -0.4 is 5.32 Å². The van der Waals surface area contributed by atoms with E-state index in [0.717, 1.165) is 6.54 Å². The van der Waals surface area contributed by atoms with Crippen molar-refractivity contribution in [1.82, 2.24) is 10.2 Å². The van der Waals surface area contributed by atoms with Crippen LogP contribution in [-0.4, -0.2) is 62.4 Å². The average Bonchev–Trinajstić information content (AvgIpc) is 2.29. The van der Waals surface area contributed by atoms with Crippen molar-refractivity contribution in [2.45, 2.75) is 19.1 Å². The topological polar surface area (TPSA) is 50.8 Å². The second-order valence-corrected chi connectivity index (χ2v) is 4.03. The van der Waals surface area contributed by atoms with Crippen molar-refractivity contribution in [3.63, 3.8) is 0 Å². The van der Waals surface area contributed by atoms with E-state index < -0.39 is 0 Å². The third-order valence-electron chi connectivity index (χ3n) is 2.76. The first-order valence-corrected chi connectivity index (χ1v) is 5.50. The van der Waals surface area contributed by atoms with Gasteiger partial charge in [-0.1, -0.05) is 0 Å². The van der Waals surface area contributed by atoms with Crippen LogP contribution >= 0.6 is 12.4 Å². The summed E-state index contributed by atoms with van der Waals surface area (Å²) in [5.41, 5.74) is 0. The first-order valence-electron chi connectivity index (χ1n) is 5.50. The lowest BCUT2D eigenvalue weighted by molar-refractivity contribution is -0.151. The van der Waals surface area contributed by atoms with E-state index in [0.29, 0.717) is 32.8 Å². The molecule has 0 aromatic heterocycles. The van der Waals surface area contributed by atoms with Crippen LogP contribution in [0.2, 0.25) is 0 Å². The molecule has 1 amide bonds. The van der Waals surface area contributed by atoms with Crippen molar-refractivity contribution in [2.75, 3.05) is 39.4 Å². The zero-order valence-corrected chi connectivity index (χ0v) is 10.3. The average molecular weight is 251 g/mol. The summed E-state index contributed by atoms with van der Waals surface area (Å²) in [6.45, 7) is 6.07. The van der Waals surface area contributed by atoms with Crippen molar-refractivity contribution in [3.05, 3.63) is 0 Å². The molecule has 2 fully saturated rings. The Labute approximate surface area is 102 Å². The van der Waals surface area contributed by atoms with Gasteiger partial charge in [-0.2, -0.15) is 0 Å². The molecule has 0 aromatic rings. The molecule has 1 N–H and O–H groups in total. The van der Waals surface area contributed by atoms with Gasteiger partial charge in [0.25, 0.3) is 5.91 Å². The molecule has 0 aromatic carbocycles. The second-order valence-electron chi connectivity index (χ2n) is 4.03. The maximum absolute atomic E-state index is 12.0. The summed E-state index contributed by atoms with van der Waals surface area (Å²) in [6, 6.07) is 0. The third-order valence-corrected chi connectivity index (χ3v) is 2.76. The Hall–Kier alpha value is -0.360. The maximum Gasteiger partial charge on any atom is 0.253 e. The molecule has 2 atom stereocenters. The third kappa shape index (κ3) is 3.31. The number of carbonyl (C=O) groups is 1. The highest BCUT2D eigenvalue weighted by Crippen LogP contribution is 2.08. The van der Waals surface area contributed by atoms with Crippen LogP contribution in [0.15, 0.2) is 0 Å². The largest absolute Gasteiger partial charge is 0.375 e. The summed E-state index contributed by atoms with van der Waals surface area (Å²) in [6.07, 6.45) is -0.164. The molecule has 0 spiro atoms. The molecule has 6 heteroatoms. The zero-order chi connectivity index (χ0) is 10.7. The Morgan fingerprint density at radius 3 is 2.81 bits per heavy atom. The van der Waals surface area contributed by atoms with E-state index in [-0.39, 0.29) is 30.5 Å². The van der Waals surface area contributed by atoms with Crippen molar-refractivity contribution in [2.24, 2.45) is 0 Å². The molecule has 16 heavy (non-hydrogen) atoms. The molecule has 2 aliphatic heterocycles. The van der Waals surface area contributed by atoms with Crippen LogP contribution in [0, 0.1) is 0 Å². The summed E-state index contributed by atoms with van der Waals surface area (Å²) in [5, 5.41) is 3.16. The van der Waals surface area contributed by atoms with Gasteiger partial charge in [0, 0.05) is 26.2 Å². The first-order chi connectivity index (χ1) is 7.27. The Balaban J connectivity index is 0.00000128. The highest BCUT2D eigenvalue weighted by molar-refractivity contribution is 5.85. The van der Waals surface area contributed by atoms with Crippen molar-refractivity contribution < 1.29 is 14.3 Å². The molecule has 0 aliphatic carbocycles. The van der Waals surface area contributed by atoms with Crippen LogP contribution in [0.3, 0.4) is 0 Å². The highest BCUT2D eigenvalue weighted by Gasteiger charge is 2.29. The normalized spacial score (nSPS) is 30.7. The highest BCUT2D eigenvalue weighted by atomic mass is 35.5. The fraction of sp³-hybridized carbons (Fsp3) is 0.900. The minimum Gasteiger partial charge on any atom is -0.375 e. The van der Waals surface area contributed by atoms with Gasteiger partial charge in [-0.25, -0.2) is 0 Å². The van der Waals surface area contributed by atoms with Crippen LogP contribution in [0.1, 0.15) is 6.92 Å². The van der Waals surface area contributed by atoms with E-state index in [2.05, 4.69) is 5.32 Å². The van der Waals surface area contributed by atoms with E-state index in [1.54, 1.807) is 0 Å². The standard InChI is InChI=1S/C10H18N2O3.ClH/c1-8-7-12(3-5-14-8)10(13)9-6-11-2-4-15-9;/h8-9,11H,2-7H2,1H3;1H/t8?,9-;/m0./s1. The van der Waals surface area contributed by atoms with E-state index in [4.69, 9.17) is 9.47 Å². The number of halogens is 1. The number of nitrogens with zero attached hydrogens (tertiary/aromatic N) is 1. The Kier molecular flexibility index (Phi) is 5.48. The molecular weight excluding hydrogens is 232 g/mol. The molecule has 1 unspecified atom stereocenters. The van der Waals surface area contributed by atoms with Gasteiger partial charge < -0.3 is 19.7 Å². The molecule has 2 heterocycles. The first kappa shape index (κ1) is 13.7. The predicted molar refractivity (Wildman–Crippen MR) is 61.9 cm³/mol. The van der Waals surface area contributed by atoms with E-state index >= 15 is 0 Å². The number of hydrogen-bond acceptors (Lipinski definition) is 4. The van der Waals surface area contributed by atoms with Gasteiger partial charge in [-0.3, -0.25) is 4.79 Å². The quantitative estimate of drug-likeness (QED) is 0.691. The number of hydrogen-bond donors (Lipinski definition) is 1. The van der Waals surface area contributed by atoms with Gasteiger partial charge in [-0.15, -0.1) is 12.4 Å². The van der Waals surface area contributed by atoms with Crippen LogP contribution in [0.5, 0.6) is 0 Å². The van der Waals surface area contributed by atoms with Crippen molar-refractivity contribution in [1.29, 1.82) is 0 Å². The summed E-state index contributed by atoms with van der Waals surface area (Å²) in [4.78, 5) is 13.8. The summed E-state index contributed by atoms with van der Waals surface area (Å²) in [7, 11) is 0. The van der Waals surface area contributed by atoms with Gasteiger partial charge in [0.2, 0.25) is 0 Å². The van der Waals surface area contributed by atoms with Crippen molar-refractivity contribution in [3.8, 4) is 0 Å². The maximum atomic E-state index is 12.0. The lowest BCUT2D eigenvalue weighted by Gasteiger charge is -2.34. The minimum absolute atomic E-state index is 0. The van der Waals surface area contributed by atoms with E-state index in [9.17, 15) is 4.79 Å². The van der Waals surface area contributed by atoms with Crippen LogP contribution in [-0.2, 0) is 14.3 Å². The van der Waals surface area contributed by atoms with Crippen molar-refractivity contribution >= 4 is 18.3 Å². The van der Waals surface area contributed by atoms with Gasteiger partial charge in [0.15, 0.2) is 0 Å². The molecule has 94 valence electrons. The van der Waals surface area contributed by atoms with Gasteiger partial charge in [-0.05, 0) is 6.92 Å². The number of ether oxygens (including phenoxy) is 2. The molecule has 0 radical (unpaired) electrons. The summed E-state index contributed by atoms with van der Waals surface area (Å²) < 4.78 is 10.8. The zero-order valence-electron chi connectivity index (χ0n) is 9.48. The lowest BCUT2D eigenvalue weighted by Crippen LogP contribution is -2.53. The SMILES string of the molecule is CC1CN(C(=O)[C@@H]2CNCCO2)CCO1.Cl. The summed E-state index contributed by atoms with van der Waals surface area (Å²) >= 11 is 0. The Bertz CT molecular complexity index is 234. The Morgan fingerprint density at radius 1 is 1.38 bits per heavy atom. The molecule has 2 aliphatic rings. The van der Waals surface area contributed by atoms with Gasteiger partial charge >= 0.3 is 0 Å². The number of nitrogens with one attached hydrogen (secondary N) is 1. The predicted octanol–water partition coefficient (Wildman–Crippen LogP) is -0.356. The molecular formula is C10H19ClN2O3. The monoisotopic (exact) mass is 250 g/mol. The number of morpholine rings is 2. The smallest absolute Gasteiger partial charge is 0.253 e. The molecule has 2 saturated heterocycles. The van der Waals surface area contributed by atoms with Gasteiger partial charge in [0.1, 0.15) is 6.10 Å².